The monoisotopic (exact) mass is 364 g/mol. The minimum absolute atomic E-state index is 0.000150. The number of rotatable bonds is 4. The van der Waals surface area contributed by atoms with Gasteiger partial charge in [0.25, 0.3) is 5.69 Å². The van der Waals surface area contributed by atoms with Crippen molar-refractivity contribution in [2.24, 2.45) is 0 Å². The summed E-state index contributed by atoms with van der Waals surface area (Å²) in [6.45, 7) is 0. The van der Waals surface area contributed by atoms with E-state index in [1.165, 1.54) is 31.0 Å². The highest BCUT2D eigenvalue weighted by Gasteiger charge is 2.35. The zero-order valence-corrected chi connectivity index (χ0v) is 14.2. The van der Waals surface area contributed by atoms with Crippen molar-refractivity contribution in [2.45, 2.75) is 5.37 Å². The Bertz CT molecular complexity index is 814. The lowest BCUT2D eigenvalue weighted by Gasteiger charge is -2.24. The van der Waals surface area contributed by atoms with Crippen LogP contribution in [0.4, 0.5) is 11.4 Å². The number of nitro benzene ring substituents is 1. The second-order valence-corrected chi connectivity index (χ2v) is 6.57. The van der Waals surface area contributed by atoms with Crippen LogP contribution in [0.2, 0.25) is 5.02 Å². The molecule has 0 bridgehead atoms. The Morgan fingerprint density at radius 2 is 2.12 bits per heavy atom. The van der Waals surface area contributed by atoms with Crippen molar-refractivity contribution in [3.63, 3.8) is 0 Å². The Labute approximate surface area is 147 Å². The summed E-state index contributed by atoms with van der Waals surface area (Å²) in [7, 11) is 1.52. The van der Waals surface area contributed by atoms with Gasteiger partial charge in [-0.3, -0.25) is 19.8 Å². The van der Waals surface area contributed by atoms with Gasteiger partial charge in [-0.2, -0.15) is 0 Å². The molecule has 8 heteroatoms. The molecule has 1 saturated heterocycles. The molecule has 24 heavy (non-hydrogen) atoms. The van der Waals surface area contributed by atoms with Gasteiger partial charge in [0.2, 0.25) is 5.91 Å². The van der Waals surface area contributed by atoms with Crippen LogP contribution in [0.25, 0.3) is 0 Å². The van der Waals surface area contributed by atoms with Gasteiger partial charge in [0, 0.05) is 17.8 Å². The van der Waals surface area contributed by atoms with E-state index in [0.29, 0.717) is 27.8 Å². The smallest absolute Gasteiger partial charge is 0.269 e. The highest BCUT2D eigenvalue weighted by Crippen LogP contribution is 2.43. The van der Waals surface area contributed by atoms with E-state index in [1.54, 1.807) is 35.2 Å². The number of anilines is 1. The highest BCUT2D eigenvalue weighted by molar-refractivity contribution is 8.00. The summed E-state index contributed by atoms with van der Waals surface area (Å²) in [5.41, 5.74) is 1.33. The molecule has 6 nitrogen and oxygen atoms in total. The number of carbonyl (C=O) groups excluding carboxylic acids is 1. The van der Waals surface area contributed by atoms with Gasteiger partial charge < -0.3 is 4.74 Å². The van der Waals surface area contributed by atoms with Crippen LogP contribution in [0.5, 0.6) is 5.75 Å². The summed E-state index contributed by atoms with van der Waals surface area (Å²) in [4.78, 5) is 24.5. The normalized spacial score (nSPS) is 17.2. The molecule has 0 saturated carbocycles. The summed E-state index contributed by atoms with van der Waals surface area (Å²) >= 11 is 7.58. The third-order valence-electron chi connectivity index (χ3n) is 3.65. The van der Waals surface area contributed by atoms with E-state index in [1.807, 2.05) is 0 Å². The minimum atomic E-state index is -0.445. The van der Waals surface area contributed by atoms with Gasteiger partial charge in [0.05, 0.1) is 22.8 Å². The van der Waals surface area contributed by atoms with Crippen molar-refractivity contribution in [1.29, 1.82) is 0 Å². The van der Waals surface area contributed by atoms with Gasteiger partial charge in [-0.1, -0.05) is 23.7 Å². The summed E-state index contributed by atoms with van der Waals surface area (Å²) < 4.78 is 5.13. The third kappa shape index (κ3) is 3.05. The Balaban J connectivity index is 1.99. The van der Waals surface area contributed by atoms with E-state index in [4.69, 9.17) is 16.3 Å². The molecule has 0 unspecified atom stereocenters. The summed E-state index contributed by atoms with van der Waals surface area (Å²) in [6, 6.07) is 11.4. The van der Waals surface area contributed by atoms with Gasteiger partial charge >= 0.3 is 0 Å². The average Bonchev–Trinajstić information content (AvgIpc) is 2.96. The fourth-order valence-electron chi connectivity index (χ4n) is 2.55. The van der Waals surface area contributed by atoms with Crippen LogP contribution in [0.15, 0.2) is 42.5 Å². The Hall–Kier alpha value is -2.25. The number of methoxy groups -OCH3 is 1. The Kier molecular flexibility index (Phi) is 4.64. The largest absolute Gasteiger partial charge is 0.495 e. The van der Waals surface area contributed by atoms with Gasteiger partial charge in [-0.25, -0.2) is 0 Å². The lowest BCUT2D eigenvalue weighted by molar-refractivity contribution is -0.384. The molecule has 124 valence electrons. The summed E-state index contributed by atoms with van der Waals surface area (Å²) in [5.74, 6) is 0.751. The molecule has 0 spiro atoms. The maximum absolute atomic E-state index is 12.3. The van der Waals surface area contributed by atoms with Crippen LogP contribution in [0, 0.1) is 10.1 Å². The SMILES string of the molecule is COc1ccc(N2C(=O)CS[C@@H]2c2cccc([N+](=O)[O-])c2)cc1Cl. The van der Waals surface area contributed by atoms with Crippen LogP contribution in [-0.4, -0.2) is 23.7 Å². The number of nitrogens with zero attached hydrogens (tertiary/aromatic N) is 2. The third-order valence-corrected chi connectivity index (χ3v) is 5.16. The number of hydrogen-bond acceptors (Lipinski definition) is 5. The first kappa shape index (κ1) is 16.6. The number of carbonyl (C=O) groups is 1. The number of benzene rings is 2. The zero-order valence-electron chi connectivity index (χ0n) is 12.6. The number of halogens is 1. The molecule has 0 radical (unpaired) electrons. The van der Waals surface area contributed by atoms with E-state index >= 15 is 0 Å². The van der Waals surface area contributed by atoms with Gasteiger partial charge in [0.15, 0.2) is 0 Å². The molecule has 1 aliphatic rings. The van der Waals surface area contributed by atoms with Crippen LogP contribution in [-0.2, 0) is 4.79 Å². The van der Waals surface area contributed by atoms with E-state index in [9.17, 15) is 14.9 Å². The fourth-order valence-corrected chi connectivity index (χ4v) is 3.97. The lowest BCUT2D eigenvalue weighted by atomic mass is 10.1. The van der Waals surface area contributed by atoms with E-state index in [2.05, 4.69) is 0 Å². The number of non-ortho nitro benzene ring substituents is 1. The first-order valence-corrected chi connectivity index (χ1v) is 8.45. The highest BCUT2D eigenvalue weighted by atomic mass is 35.5. The molecule has 2 aromatic rings. The van der Waals surface area contributed by atoms with E-state index < -0.39 is 4.92 Å². The van der Waals surface area contributed by atoms with Gasteiger partial charge in [-0.15, -0.1) is 11.8 Å². The van der Waals surface area contributed by atoms with Crippen LogP contribution < -0.4 is 9.64 Å². The molecule has 1 aliphatic heterocycles. The van der Waals surface area contributed by atoms with Gasteiger partial charge in [-0.05, 0) is 23.8 Å². The number of nitro groups is 1. The number of amides is 1. The standard InChI is InChI=1S/C16H13ClN2O4S/c1-23-14-6-5-11(8-13(14)17)18-15(20)9-24-16(18)10-3-2-4-12(7-10)19(21)22/h2-8,16H,9H2,1H3/t16-/m1/s1. The Morgan fingerprint density at radius 3 is 2.79 bits per heavy atom. The molecular formula is C16H13ClN2O4S. The van der Waals surface area contributed by atoms with Crippen molar-refractivity contribution < 1.29 is 14.5 Å². The van der Waals surface area contributed by atoms with Crippen molar-refractivity contribution in [3.05, 3.63) is 63.2 Å². The molecule has 0 N–H and O–H groups in total. The van der Waals surface area contributed by atoms with Crippen LogP contribution in [0.3, 0.4) is 0 Å². The van der Waals surface area contributed by atoms with Crippen molar-refractivity contribution in [1.82, 2.24) is 0 Å². The number of thioether (sulfide) groups is 1. The van der Waals surface area contributed by atoms with E-state index in [-0.39, 0.29) is 17.0 Å². The zero-order chi connectivity index (χ0) is 17.3. The quantitative estimate of drug-likeness (QED) is 0.604. The molecule has 2 aromatic carbocycles. The van der Waals surface area contributed by atoms with Gasteiger partial charge in [0.1, 0.15) is 11.1 Å². The predicted octanol–water partition coefficient (Wildman–Crippen LogP) is 4.04. The molecule has 1 heterocycles. The van der Waals surface area contributed by atoms with Crippen LogP contribution >= 0.6 is 23.4 Å². The molecule has 1 fully saturated rings. The maximum Gasteiger partial charge on any atom is 0.269 e. The maximum atomic E-state index is 12.3. The average molecular weight is 365 g/mol. The molecule has 1 atom stereocenters. The topological polar surface area (TPSA) is 72.7 Å². The summed E-state index contributed by atoms with van der Waals surface area (Å²) in [6.07, 6.45) is 0. The molecule has 1 amide bonds. The molecule has 3 rings (SSSR count). The van der Waals surface area contributed by atoms with Crippen molar-refractivity contribution in [3.8, 4) is 5.75 Å². The number of ether oxygens (including phenoxy) is 1. The van der Waals surface area contributed by atoms with Crippen LogP contribution in [0.1, 0.15) is 10.9 Å². The molecule has 0 aliphatic carbocycles. The van der Waals surface area contributed by atoms with Crippen molar-refractivity contribution >= 4 is 40.6 Å². The fraction of sp³-hybridized carbons (Fsp3) is 0.188. The summed E-state index contributed by atoms with van der Waals surface area (Å²) in [5, 5.41) is 11.1. The lowest BCUT2D eigenvalue weighted by Crippen LogP contribution is -2.27. The minimum Gasteiger partial charge on any atom is -0.495 e. The Morgan fingerprint density at radius 1 is 1.33 bits per heavy atom. The number of hydrogen-bond donors (Lipinski definition) is 0. The van der Waals surface area contributed by atoms with E-state index in [0.717, 1.165) is 0 Å². The second kappa shape index (κ2) is 6.70. The second-order valence-electron chi connectivity index (χ2n) is 5.10. The first-order chi connectivity index (χ1) is 11.5. The van der Waals surface area contributed by atoms with Crippen molar-refractivity contribution in [2.75, 3.05) is 17.8 Å². The first-order valence-electron chi connectivity index (χ1n) is 7.03. The predicted molar refractivity (Wildman–Crippen MR) is 93.8 cm³/mol. The molecular weight excluding hydrogens is 352 g/mol. The molecule has 0 aromatic heterocycles.